The van der Waals surface area contributed by atoms with Gasteiger partial charge in [0.15, 0.2) is 0 Å². The van der Waals surface area contributed by atoms with E-state index >= 15 is 0 Å². The van der Waals surface area contributed by atoms with E-state index in [9.17, 15) is 9.59 Å². The molecule has 3 heterocycles. The van der Waals surface area contributed by atoms with Crippen molar-refractivity contribution in [2.45, 2.75) is 12.3 Å². The van der Waals surface area contributed by atoms with Gasteiger partial charge in [-0.25, -0.2) is 4.79 Å². The summed E-state index contributed by atoms with van der Waals surface area (Å²) in [5.41, 5.74) is 3.72. The highest BCUT2D eigenvalue weighted by atomic mass is 16.2. The average molecular weight is 311 g/mol. The van der Waals surface area contributed by atoms with Crippen LogP contribution in [0, 0.1) is 0 Å². The third-order valence-corrected chi connectivity index (χ3v) is 4.69. The van der Waals surface area contributed by atoms with Gasteiger partial charge >= 0.3 is 5.69 Å². The van der Waals surface area contributed by atoms with Crippen molar-refractivity contribution in [1.82, 2.24) is 18.9 Å². The van der Waals surface area contributed by atoms with Crippen LogP contribution in [-0.2, 0) is 25.9 Å². The molecule has 3 aromatic rings. The van der Waals surface area contributed by atoms with Gasteiger partial charge in [-0.2, -0.15) is 5.10 Å². The van der Waals surface area contributed by atoms with Gasteiger partial charge in [0.05, 0.1) is 17.2 Å². The number of rotatable bonds is 1. The maximum atomic E-state index is 12.1. The summed E-state index contributed by atoms with van der Waals surface area (Å²) in [7, 11) is 5.33. The third-order valence-electron chi connectivity index (χ3n) is 4.69. The van der Waals surface area contributed by atoms with E-state index < -0.39 is 0 Å². The Morgan fingerprint density at radius 2 is 1.87 bits per heavy atom. The highest BCUT2D eigenvalue weighted by molar-refractivity contribution is 5.94. The molecule has 0 radical (unpaired) electrons. The van der Waals surface area contributed by atoms with Crippen LogP contribution in [0.4, 0.5) is 5.82 Å². The molecular formula is C16H17N5O2. The van der Waals surface area contributed by atoms with Gasteiger partial charge in [0, 0.05) is 39.0 Å². The Morgan fingerprint density at radius 1 is 1.13 bits per heavy atom. The molecule has 0 saturated heterocycles. The van der Waals surface area contributed by atoms with Gasteiger partial charge < -0.3 is 5.32 Å². The summed E-state index contributed by atoms with van der Waals surface area (Å²) in [6, 6.07) is 5.92. The second-order valence-electron chi connectivity index (χ2n) is 6.03. The van der Waals surface area contributed by atoms with Crippen molar-refractivity contribution in [1.29, 1.82) is 0 Å². The quantitative estimate of drug-likeness (QED) is 0.731. The molecule has 1 N–H and O–H groups in total. The van der Waals surface area contributed by atoms with Gasteiger partial charge in [0.2, 0.25) is 5.91 Å². The van der Waals surface area contributed by atoms with E-state index in [0.717, 1.165) is 28.0 Å². The number of aromatic nitrogens is 4. The van der Waals surface area contributed by atoms with E-state index in [2.05, 4.69) is 10.4 Å². The first-order chi connectivity index (χ1) is 11.0. The summed E-state index contributed by atoms with van der Waals surface area (Å²) in [4.78, 5) is 24.1. The van der Waals surface area contributed by atoms with Gasteiger partial charge in [-0.1, -0.05) is 6.07 Å². The first-order valence-corrected chi connectivity index (χ1v) is 7.44. The number of hydrogen-bond acceptors (Lipinski definition) is 3. The molecule has 0 bridgehead atoms. The third kappa shape index (κ3) is 1.86. The normalized spacial score (nSPS) is 17.3. The molecule has 7 nitrogen and oxygen atoms in total. The maximum absolute atomic E-state index is 12.1. The van der Waals surface area contributed by atoms with Crippen molar-refractivity contribution in [3.8, 4) is 0 Å². The molecule has 1 atom stereocenters. The number of carbonyl (C=O) groups excluding carboxylic acids is 1. The van der Waals surface area contributed by atoms with Crippen molar-refractivity contribution in [3.05, 3.63) is 46.0 Å². The summed E-state index contributed by atoms with van der Waals surface area (Å²) in [6.07, 6.45) is 2.18. The predicted octanol–water partition coefficient (Wildman–Crippen LogP) is 1.08. The molecule has 0 spiro atoms. The van der Waals surface area contributed by atoms with Gasteiger partial charge in [-0.3, -0.25) is 18.6 Å². The smallest absolute Gasteiger partial charge is 0.311 e. The minimum atomic E-state index is -0.0550. The second-order valence-corrected chi connectivity index (χ2v) is 6.03. The maximum Gasteiger partial charge on any atom is 0.328 e. The summed E-state index contributed by atoms with van der Waals surface area (Å²) in [5, 5.41) is 7.12. The van der Waals surface area contributed by atoms with E-state index in [-0.39, 0.29) is 17.5 Å². The average Bonchev–Trinajstić information content (AvgIpc) is 3.01. The SMILES string of the molecule is Cn1ncc2c1NC(=O)C[C@@H]2c1ccc2c(c1)n(C)c(=O)n2C. The Bertz CT molecular complexity index is 1010. The minimum absolute atomic E-state index is 0.0202. The number of nitrogens with zero attached hydrogens (tertiary/aromatic N) is 4. The first-order valence-electron chi connectivity index (χ1n) is 7.44. The van der Waals surface area contributed by atoms with Crippen LogP contribution in [0.1, 0.15) is 23.5 Å². The highest BCUT2D eigenvalue weighted by Gasteiger charge is 2.29. The molecule has 0 aliphatic carbocycles. The van der Waals surface area contributed by atoms with E-state index in [4.69, 9.17) is 0 Å². The van der Waals surface area contributed by atoms with Crippen LogP contribution >= 0.6 is 0 Å². The molecule has 2 aromatic heterocycles. The number of amides is 1. The number of fused-ring (bicyclic) bond motifs is 2. The first kappa shape index (κ1) is 13.8. The standard InChI is InChI=1S/C16H17N5O2/c1-19-12-5-4-9(6-13(12)20(2)16(19)23)10-7-14(22)18-15-11(10)8-17-21(15)3/h4-6,8,10H,7H2,1-3H3,(H,18,22)/t10-/m1/s1. The molecule has 0 unspecified atom stereocenters. The highest BCUT2D eigenvalue weighted by Crippen LogP contribution is 2.37. The zero-order valence-electron chi connectivity index (χ0n) is 13.2. The number of benzene rings is 1. The molecule has 4 rings (SSSR count). The van der Waals surface area contributed by atoms with Gasteiger partial charge in [0.1, 0.15) is 5.82 Å². The van der Waals surface area contributed by atoms with E-state index in [1.54, 1.807) is 34.1 Å². The summed E-state index contributed by atoms with van der Waals surface area (Å²) in [6.45, 7) is 0. The lowest BCUT2D eigenvalue weighted by Gasteiger charge is -2.23. The van der Waals surface area contributed by atoms with Crippen molar-refractivity contribution < 1.29 is 4.79 Å². The fraction of sp³-hybridized carbons (Fsp3) is 0.312. The van der Waals surface area contributed by atoms with Crippen LogP contribution < -0.4 is 11.0 Å². The lowest BCUT2D eigenvalue weighted by Crippen LogP contribution is -2.24. The van der Waals surface area contributed by atoms with Crippen LogP contribution in [0.25, 0.3) is 11.0 Å². The van der Waals surface area contributed by atoms with Crippen LogP contribution in [0.5, 0.6) is 0 Å². The Kier molecular flexibility index (Phi) is 2.75. The number of carbonyl (C=O) groups is 1. The Balaban J connectivity index is 1.91. The van der Waals surface area contributed by atoms with Crippen LogP contribution in [-0.4, -0.2) is 24.8 Å². The lowest BCUT2D eigenvalue weighted by atomic mass is 9.87. The monoisotopic (exact) mass is 311 g/mol. The van der Waals surface area contributed by atoms with E-state index in [1.807, 2.05) is 25.2 Å². The molecule has 23 heavy (non-hydrogen) atoms. The molecule has 1 aliphatic rings. The summed E-state index contributed by atoms with van der Waals surface area (Å²) >= 11 is 0. The number of hydrogen-bond donors (Lipinski definition) is 1. The van der Waals surface area contributed by atoms with Crippen LogP contribution in [0.2, 0.25) is 0 Å². The van der Waals surface area contributed by atoms with Crippen LogP contribution in [0.3, 0.4) is 0 Å². The topological polar surface area (TPSA) is 73.8 Å². The molecule has 1 amide bonds. The fourth-order valence-corrected chi connectivity index (χ4v) is 3.38. The second kappa shape index (κ2) is 4.58. The van der Waals surface area contributed by atoms with Gasteiger partial charge in [0.25, 0.3) is 0 Å². The number of imidazole rings is 1. The predicted molar refractivity (Wildman–Crippen MR) is 86.5 cm³/mol. The lowest BCUT2D eigenvalue weighted by molar-refractivity contribution is -0.116. The molecule has 1 aliphatic heterocycles. The Labute approximate surface area is 132 Å². The van der Waals surface area contributed by atoms with E-state index in [1.165, 1.54) is 0 Å². The largest absolute Gasteiger partial charge is 0.328 e. The zero-order chi connectivity index (χ0) is 16.3. The van der Waals surface area contributed by atoms with Crippen molar-refractivity contribution in [3.63, 3.8) is 0 Å². The Hall–Kier alpha value is -2.83. The van der Waals surface area contributed by atoms with Gasteiger partial charge in [-0.15, -0.1) is 0 Å². The van der Waals surface area contributed by atoms with Crippen molar-refractivity contribution >= 4 is 22.8 Å². The van der Waals surface area contributed by atoms with Gasteiger partial charge in [-0.05, 0) is 17.7 Å². The molecule has 118 valence electrons. The summed E-state index contributed by atoms with van der Waals surface area (Å²) in [5.74, 6) is 0.675. The number of anilines is 1. The zero-order valence-corrected chi connectivity index (χ0v) is 13.2. The minimum Gasteiger partial charge on any atom is -0.311 e. The molecule has 0 fully saturated rings. The van der Waals surface area contributed by atoms with E-state index in [0.29, 0.717) is 6.42 Å². The fourth-order valence-electron chi connectivity index (χ4n) is 3.38. The number of nitrogens with one attached hydrogen (secondary N) is 1. The Morgan fingerprint density at radius 3 is 2.65 bits per heavy atom. The molecular weight excluding hydrogens is 294 g/mol. The molecule has 7 heteroatoms. The number of aryl methyl sites for hydroxylation is 3. The van der Waals surface area contributed by atoms with Crippen molar-refractivity contribution in [2.75, 3.05) is 5.32 Å². The molecule has 1 aromatic carbocycles. The molecule has 0 saturated carbocycles. The van der Waals surface area contributed by atoms with Crippen LogP contribution in [0.15, 0.2) is 29.2 Å². The summed E-state index contributed by atoms with van der Waals surface area (Å²) < 4.78 is 4.93. The van der Waals surface area contributed by atoms with Crippen molar-refractivity contribution in [2.24, 2.45) is 21.1 Å².